The monoisotopic (exact) mass is 350 g/mol. The maximum absolute atomic E-state index is 11.7. The van der Waals surface area contributed by atoms with E-state index >= 15 is 0 Å². The van der Waals surface area contributed by atoms with Crippen LogP contribution in [0.2, 0.25) is 0 Å². The summed E-state index contributed by atoms with van der Waals surface area (Å²) in [5.41, 5.74) is 5.46. The minimum atomic E-state index is -0.116. The molecule has 1 N–H and O–H groups in total. The van der Waals surface area contributed by atoms with Gasteiger partial charge in [-0.1, -0.05) is 41.5 Å². The van der Waals surface area contributed by atoms with Gasteiger partial charge in [-0.15, -0.1) is 11.3 Å². The van der Waals surface area contributed by atoms with Crippen LogP contribution in [0.5, 0.6) is 0 Å². The molecule has 128 valence electrons. The zero-order valence-electron chi connectivity index (χ0n) is 14.7. The van der Waals surface area contributed by atoms with Crippen LogP contribution in [0.15, 0.2) is 53.9 Å². The number of thiazole rings is 1. The fraction of sp³-hybridized carbons (Fsp3) is 0.238. The summed E-state index contributed by atoms with van der Waals surface area (Å²) < 4.78 is 0. The molecule has 3 nitrogen and oxygen atoms in total. The van der Waals surface area contributed by atoms with Crippen molar-refractivity contribution in [1.29, 1.82) is 0 Å². The molecule has 0 spiro atoms. The molecule has 0 amide bonds. The van der Waals surface area contributed by atoms with Crippen molar-refractivity contribution in [2.45, 2.75) is 33.2 Å². The molecule has 0 aliphatic heterocycles. The molecule has 0 saturated carbocycles. The van der Waals surface area contributed by atoms with Crippen molar-refractivity contribution < 1.29 is 4.79 Å². The molecule has 0 bridgehead atoms. The zero-order chi connectivity index (χ0) is 17.8. The van der Waals surface area contributed by atoms with E-state index in [4.69, 9.17) is 4.98 Å². The van der Waals surface area contributed by atoms with Crippen LogP contribution in [-0.4, -0.2) is 10.8 Å². The Bertz CT molecular complexity index is 868. The molecule has 1 aromatic heterocycles. The summed E-state index contributed by atoms with van der Waals surface area (Å²) in [4.78, 5) is 16.5. The van der Waals surface area contributed by atoms with Gasteiger partial charge in [-0.2, -0.15) is 0 Å². The van der Waals surface area contributed by atoms with Crippen LogP contribution in [0.25, 0.3) is 10.6 Å². The van der Waals surface area contributed by atoms with Crippen LogP contribution in [0.1, 0.15) is 36.2 Å². The van der Waals surface area contributed by atoms with Gasteiger partial charge in [0.15, 0.2) is 0 Å². The second kappa shape index (κ2) is 7.62. The third kappa shape index (κ3) is 4.54. The Balaban J connectivity index is 1.86. The molecule has 0 fully saturated rings. The third-order valence-corrected chi connectivity index (χ3v) is 4.94. The van der Waals surface area contributed by atoms with Crippen molar-refractivity contribution in [1.82, 2.24) is 4.98 Å². The number of aryl methyl sites for hydroxylation is 2. The van der Waals surface area contributed by atoms with Crippen LogP contribution in [-0.2, 0) is 4.79 Å². The number of nitrogens with one attached hydrogen (secondary N) is 1. The number of Topliss-reactive ketones (excluding diaryl/α,β-unsaturated/α-hetero) is 1. The molecule has 1 heterocycles. The summed E-state index contributed by atoms with van der Waals surface area (Å²) in [7, 11) is 0. The number of hydrogen-bond acceptors (Lipinski definition) is 4. The Morgan fingerprint density at radius 1 is 1.12 bits per heavy atom. The van der Waals surface area contributed by atoms with Crippen molar-refractivity contribution in [3.63, 3.8) is 0 Å². The number of carbonyl (C=O) groups excluding carboxylic acids is 1. The van der Waals surface area contributed by atoms with Crippen LogP contribution in [0.4, 0.5) is 5.69 Å². The smallest absolute Gasteiger partial charge is 0.132 e. The third-order valence-electron chi connectivity index (χ3n) is 4.03. The number of benzene rings is 2. The second-order valence-electron chi connectivity index (χ2n) is 6.42. The van der Waals surface area contributed by atoms with Crippen molar-refractivity contribution in [2.24, 2.45) is 0 Å². The van der Waals surface area contributed by atoms with Gasteiger partial charge in [0.2, 0.25) is 0 Å². The number of rotatable bonds is 6. The lowest BCUT2D eigenvalue weighted by Crippen LogP contribution is -2.14. The highest BCUT2D eigenvalue weighted by atomic mass is 32.1. The first-order chi connectivity index (χ1) is 12.0. The highest BCUT2D eigenvalue weighted by molar-refractivity contribution is 7.13. The van der Waals surface area contributed by atoms with Crippen LogP contribution in [0.3, 0.4) is 0 Å². The van der Waals surface area contributed by atoms with E-state index in [9.17, 15) is 4.79 Å². The predicted molar refractivity (Wildman–Crippen MR) is 105 cm³/mol. The first kappa shape index (κ1) is 17.4. The van der Waals surface area contributed by atoms with Gasteiger partial charge >= 0.3 is 0 Å². The van der Waals surface area contributed by atoms with E-state index in [0.717, 1.165) is 22.0 Å². The molecular formula is C21H22N2OS. The lowest BCUT2D eigenvalue weighted by atomic mass is 10.1. The quantitative estimate of drug-likeness (QED) is 0.633. The van der Waals surface area contributed by atoms with Gasteiger partial charge in [0, 0.05) is 23.1 Å². The predicted octanol–water partition coefficient (Wildman–Crippen LogP) is 5.56. The molecule has 1 atom stereocenters. The minimum absolute atomic E-state index is 0.116. The van der Waals surface area contributed by atoms with Gasteiger partial charge < -0.3 is 5.32 Å². The molecule has 0 radical (unpaired) electrons. The fourth-order valence-electron chi connectivity index (χ4n) is 2.72. The summed E-state index contributed by atoms with van der Waals surface area (Å²) in [5.74, 6) is 0.148. The van der Waals surface area contributed by atoms with Gasteiger partial charge in [-0.25, -0.2) is 4.98 Å². The molecule has 0 saturated heterocycles. The summed E-state index contributed by atoms with van der Waals surface area (Å²) in [6.45, 7) is 5.76. The molecule has 25 heavy (non-hydrogen) atoms. The van der Waals surface area contributed by atoms with Gasteiger partial charge in [0.1, 0.15) is 10.8 Å². The van der Waals surface area contributed by atoms with E-state index in [1.165, 1.54) is 11.1 Å². The first-order valence-corrected chi connectivity index (χ1v) is 9.24. The number of anilines is 1. The number of ketones is 1. The van der Waals surface area contributed by atoms with Gasteiger partial charge in [-0.3, -0.25) is 4.79 Å². The van der Waals surface area contributed by atoms with Crippen molar-refractivity contribution in [2.75, 3.05) is 5.32 Å². The summed E-state index contributed by atoms with van der Waals surface area (Å²) in [6.07, 6.45) is 0.421. The van der Waals surface area contributed by atoms with Crippen LogP contribution < -0.4 is 5.32 Å². The van der Waals surface area contributed by atoms with Gasteiger partial charge in [0.25, 0.3) is 0 Å². The SMILES string of the molecule is CC(=O)CC(Nc1ccc(C)cc1)c1csc(-c2cccc(C)c2)n1. The maximum Gasteiger partial charge on any atom is 0.132 e. The minimum Gasteiger partial charge on any atom is -0.376 e. The maximum atomic E-state index is 11.7. The lowest BCUT2D eigenvalue weighted by molar-refractivity contribution is -0.117. The summed E-state index contributed by atoms with van der Waals surface area (Å²) in [5, 5.41) is 6.49. The second-order valence-corrected chi connectivity index (χ2v) is 7.27. The molecule has 1 unspecified atom stereocenters. The van der Waals surface area contributed by atoms with E-state index in [0.29, 0.717) is 6.42 Å². The highest BCUT2D eigenvalue weighted by Gasteiger charge is 2.18. The Hall–Kier alpha value is -2.46. The normalized spacial score (nSPS) is 12.0. The van der Waals surface area contributed by atoms with Crippen LogP contribution >= 0.6 is 11.3 Å². The molecule has 3 rings (SSSR count). The first-order valence-electron chi connectivity index (χ1n) is 8.36. The zero-order valence-corrected chi connectivity index (χ0v) is 15.6. The molecule has 2 aromatic carbocycles. The molecule has 0 aliphatic carbocycles. The number of carbonyl (C=O) groups is 1. The number of hydrogen-bond donors (Lipinski definition) is 1. The van der Waals surface area contributed by atoms with E-state index in [-0.39, 0.29) is 11.8 Å². The summed E-state index contributed by atoms with van der Waals surface area (Å²) >= 11 is 1.62. The molecule has 4 heteroatoms. The molecule has 0 aliphatic rings. The number of nitrogens with zero attached hydrogens (tertiary/aromatic N) is 1. The van der Waals surface area contributed by atoms with E-state index in [1.54, 1.807) is 18.3 Å². The highest BCUT2D eigenvalue weighted by Crippen LogP contribution is 2.30. The topological polar surface area (TPSA) is 42.0 Å². The standard InChI is InChI=1S/C21H22N2OS/c1-14-7-9-18(10-8-14)22-19(12-16(3)24)20-13-25-21(23-20)17-6-4-5-15(2)11-17/h4-11,13,19,22H,12H2,1-3H3. The largest absolute Gasteiger partial charge is 0.376 e. The Kier molecular flexibility index (Phi) is 5.29. The van der Waals surface area contributed by atoms with Crippen molar-refractivity contribution >= 4 is 22.8 Å². The average molecular weight is 350 g/mol. The van der Waals surface area contributed by atoms with Gasteiger partial charge in [-0.05, 0) is 39.0 Å². The Morgan fingerprint density at radius 2 is 1.88 bits per heavy atom. The van der Waals surface area contributed by atoms with E-state index in [2.05, 4.69) is 49.5 Å². The average Bonchev–Trinajstić information content (AvgIpc) is 3.06. The summed E-state index contributed by atoms with van der Waals surface area (Å²) in [6, 6.07) is 16.4. The van der Waals surface area contributed by atoms with E-state index in [1.807, 2.05) is 23.6 Å². The van der Waals surface area contributed by atoms with E-state index < -0.39 is 0 Å². The lowest BCUT2D eigenvalue weighted by Gasteiger charge is -2.17. The van der Waals surface area contributed by atoms with Crippen LogP contribution in [0, 0.1) is 13.8 Å². The number of aromatic nitrogens is 1. The van der Waals surface area contributed by atoms with Crippen molar-refractivity contribution in [3.05, 3.63) is 70.7 Å². The van der Waals surface area contributed by atoms with Crippen molar-refractivity contribution in [3.8, 4) is 10.6 Å². The molecule has 3 aromatic rings. The van der Waals surface area contributed by atoms with Gasteiger partial charge in [0.05, 0.1) is 11.7 Å². The Morgan fingerprint density at radius 3 is 2.56 bits per heavy atom. The fourth-order valence-corrected chi connectivity index (χ4v) is 3.60. The molecular weight excluding hydrogens is 328 g/mol. The Labute approximate surface area is 152 Å².